The van der Waals surface area contributed by atoms with Gasteiger partial charge < -0.3 is 10.2 Å². The van der Waals surface area contributed by atoms with Crippen LogP contribution < -0.4 is 10.2 Å². The van der Waals surface area contributed by atoms with Crippen LogP contribution in [0.2, 0.25) is 5.02 Å². The Balaban J connectivity index is 1.67. The molecule has 2 fully saturated rings. The minimum Gasteiger partial charge on any atom is -0.367 e. The molecule has 3 heteroatoms. The van der Waals surface area contributed by atoms with E-state index in [0.29, 0.717) is 0 Å². The summed E-state index contributed by atoms with van der Waals surface area (Å²) in [5, 5.41) is 4.47. The van der Waals surface area contributed by atoms with Crippen molar-refractivity contribution in [2.75, 3.05) is 11.4 Å². The molecule has 3 rings (SSSR count). The summed E-state index contributed by atoms with van der Waals surface area (Å²) in [4.78, 5) is 2.52. The molecular formula is C17H25ClN2. The highest BCUT2D eigenvalue weighted by Gasteiger charge is 2.29. The van der Waals surface area contributed by atoms with Gasteiger partial charge in [0, 0.05) is 25.2 Å². The molecule has 0 aromatic heterocycles. The number of anilines is 1. The van der Waals surface area contributed by atoms with E-state index in [4.69, 9.17) is 11.6 Å². The van der Waals surface area contributed by atoms with Crippen LogP contribution in [0.15, 0.2) is 18.2 Å². The lowest BCUT2D eigenvalue weighted by Crippen LogP contribution is -2.27. The Bertz CT molecular complexity index is 452. The van der Waals surface area contributed by atoms with Gasteiger partial charge in [0.05, 0.1) is 10.7 Å². The molecule has 0 heterocycles. The van der Waals surface area contributed by atoms with E-state index < -0.39 is 0 Å². The minimum atomic E-state index is 0.731. The molecule has 20 heavy (non-hydrogen) atoms. The zero-order valence-electron chi connectivity index (χ0n) is 12.4. The molecule has 1 N–H and O–H groups in total. The third kappa shape index (κ3) is 3.67. The highest BCUT2D eigenvalue weighted by molar-refractivity contribution is 6.33. The Morgan fingerprint density at radius 3 is 2.65 bits per heavy atom. The van der Waals surface area contributed by atoms with Crippen LogP contribution in [0.3, 0.4) is 0 Å². The maximum absolute atomic E-state index is 6.54. The van der Waals surface area contributed by atoms with Gasteiger partial charge in [0.15, 0.2) is 0 Å². The fourth-order valence-corrected chi connectivity index (χ4v) is 2.97. The Labute approximate surface area is 127 Å². The summed E-state index contributed by atoms with van der Waals surface area (Å²) in [5.74, 6) is 0. The van der Waals surface area contributed by atoms with Gasteiger partial charge in [-0.25, -0.2) is 0 Å². The molecule has 2 saturated carbocycles. The second-order valence-electron chi connectivity index (χ2n) is 6.22. The first kappa shape index (κ1) is 14.2. The van der Waals surface area contributed by atoms with Crippen molar-refractivity contribution in [2.24, 2.45) is 0 Å². The summed E-state index contributed by atoms with van der Waals surface area (Å²) < 4.78 is 0. The molecule has 1 aromatic carbocycles. The van der Waals surface area contributed by atoms with Gasteiger partial charge in [-0.1, -0.05) is 31.0 Å². The van der Waals surface area contributed by atoms with Gasteiger partial charge in [0.25, 0.3) is 0 Å². The molecule has 0 amide bonds. The third-order valence-corrected chi connectivity index (χ3v) is 4.54. The first-order valence-corrected chi connectivity index (χ1v) is 8.44. The molecule has 0 radical (unpaired) electrons. The molecule has 2 nitrogen and oxygen atoms in total. The Morgan fingerprint density at radius 1 is 1.25 bits per heavy atom. The fourth-order valence-electron chi connectivity index (χ4n) is 2.66. The predicted octanol–water partition coefficient (Wildman–Crippen LogP) is 4.36. The van der Waals surface area contributed by atoms with E-state index in [2.05, 4.69) is 35.3 Å². The standard InChI is InChI=1S/C17H25ClN2/c1-2-3-10-20(15-7-8-15)17-9-4-13(11-16(17)18)12-19-14-5-6-14/h4,9,11,14-15,19H,2-3,5-8,10,12H2,1H3. The van der Waals surface area contributed by atoms with E-state index in [1.54, 1.807) is 0 Å². The summed E-state index contributed by atoms with van der Waals surface area (Å²) in [7, 11) is 0. The monoisotopic (exact) mass is 292 g/mol. The van der Waals surface area contributed by atoms with E-state index in [1.807, 2.05) is 0 Å². The lowest BCUT2D eigenvalue weighted by atomic mass is 10.1. The molecule has 1 aromatic rings. The van der Waals surface area contributed by atoms with Crippen molar-refractivity contribution in [1.82, 2.24) is 5.32 Å². The zero-order chi connectivity index (χ0) is 13.9. The van der Waals surface area contributed by atoms with E-state index in [0.717, 1.165) is 30.2 Å². The van der Waals surface area contributed by atoms with Crippen LogP contribution in [-0.4, -0.2) is 18.6 Å². The quantitative estimate of drug-likeness (QED) is 0.766. The highest BCUT2D eigenvalue weighted by atomic mass is 35.5. The Kier molecular flexibility index (Phi) is 4.52. The number of rotatable bonds is 8. The average Bonchev–Trinajstić information content (AvgIpc) is 3.32. The average molecular weight is 293 g/mol. The SMILES string of the molecule is CCCCN(c1ccc(CNC2CC2)cc1Cl)C1CC1. The van der Waals surface area contributed by atoms with Crippen LogP contribution in [0.1, 0.15) is 51.0 Å². The maximum atomic E-state index is 6.54. The van der Waals surface area contributed by atoms with Gasteiger partial charge in [-0.2, -0.15) is 0 Å². The van der Waals surface area contributed by atoms with Crippen LogP contribution in [0.5, 0.6) is 0 Å². The summed E-state index contributed by atoms with van der Waals surface area (Å²) in [5.41, 5.74) is 2.54. The van der Waals surface area contributed by atoms with E-state index in [1.165, 1.54) is 49.8 Å². The summed E-state index contributed by atoms with van der Waals surface area (Å²) in [6, 6.07) is 8.08. The summed E-state index contributed by atoms with van der Waals surface area (Å²) in [6.07, 6.45) is 7.80. The van der Waals surface area contributed by atoms with Gasteiger partial charge >= 0.3 is 0 Å². The predicted molar refractivity (Wildman–Crippen MR) is 86.6 cm³/mol. The van der Waals surface area contributed by atoms with Crippen LogP contribution in [0.4, 0.5) is 5.69 Å². The maximum Gasteiger partial charge on any atom is 0.0642 e. The van der Waals surface area contributed by atoms with Gasteiger partial charge in [-0.15, -0.1) is 0 Å². The number of benzene rings is 1. The number of halogens is 1. The minimum absolute atomic E-state index is 0.731. The van der Waals surface area contributed by atoms with Crippen molar-refractivity contribution in [2.45, 2.75) is 64.1 Å². The number of unbranched alkanes of at least 4 members (excludes halogenated alkanes) is 1. The van der Waals surface area contributed by atoms with E-state index >= 15 is 0 Å². The number of nitrogens with one attached hydrogen (secondary N) is 1. The fraction of sp³-hybridized carbons (Fsp3) is 0.647. The van der Waals surface area contributed by atoms with Crippen LogP contribution >= 0.6 is 11.6 Å². The van der Waals surface area contributed by atoms with Gasteiger partial charge in [-0.05, 0) is 49.8 Å². The van der Waals surface area contributed by atoms with Crippen LogP contribution in [0, 0.1) is 0 Å². The second-order valence-corrected chi connectivity index (χ2v) is 6.63. The molecular weight excluding hydrogens is 268 g/mol. The molecule has 0 aliphatic heterocycles. The topological polar surface area (TPSA) is 15.3 Å². The zero-order valence-corrected chi connectivity index (χ0v) is 13.1. The first-order chi connectivity index (χ1) is 9.78. The van der Waals surface area contributed by atoms with Crippen molar-refractivity contribution < 1.29 is 0 Å². The summed E-state index contributed by atoms with van der Waals surface area (Å²) in [6.45, 7) is 4.34. The molecule has 0 spiro atoms. The smallest absolute Gasteiger partial charge is 0.0642 e. The van der Waals surface area contributed by atoms with Gasteiger partial charge in [0.2, 0.25) is 0 Å². The van der Waals surface area contributed by atoms with Crippen molar-refractivity contribution in [1.29, 1.82) is 0 Å². The van der Waals surface area contributed by atoms with Gasteiger partial charge in [0.1, 0.15) is 0 Å². The highest BCUT2D eigenvalue weighted by Crippen LogP contribution is 2.36. The number of nitrogens with zero attached hydrogens (tertiary/aromatic N) is 1. The lowest BCUT2D eigenvalue weighted by Gasteiger charge is -2.26. The molecule has 0 saturated heterocycles. The molecule has 110 valence electrons. The van der Waals surface area contributed by atoms with E-state index in [-0.39, 0.29) is 0 Å². The molecule has 2 aliphatic rings. The van der Waals surface area contributed by atoms with Gasteiger partial charge in [-0.3, -0.25) is 0 Å². The molecule has 2 aliphatic carbocycles. The second kappa shape index (κ2) is 6.36. The molecule has 0 bridgehead atoms. The van der Waals surface area contributed by atoms with Crippen molar-refractivity contribution in [3.05, 3.63) is 28.8 Å². The molecule has 0 atom stereocenters. The first-order valence-electron chi connectivity index (χ1n) is 8.06. The van der Waals surface area contributed by atoms with Crippen molar-refractivity contribution >= 4 is 17.3 Å². The van der Waals surface area contributed by atoms with Crippen molar-refractivity contribution in [3.63, 3.8) is 0 Å². The lowest BCUT2D eigenvalue weighted by molar-refractivity contribution is 0.687. The third-order valence-electron chi connectivity index (χ3n) is 4.23. The van der Waals surface area contributed by atoms with Crippen molar-refractivity contribution in [3.8, 4) is 0 Å². The van der Waals surface area contributed by atoms with Crippen LogP contribution in [0.25, 0.3) is 0 Å². The Morgan fingerprint density at radius 2 is 2.05 bits per heavy atom. The van der Waals surface area contributed by atoms with Crippen LogP contribution in [-0.2, 0) is 6.54 Å². The normalized spacial score (nSPS) is 18.3. The number of hydrogen-bond acceptors (Lipinski definition) is 2. The number of hydrogen-bond donors (Lipinski definition) is 1. The molecule has 0 unspecified atom stereocenters. The summed E-state index contributed by atoms with van der Waals surface area (Å²) >= 11 is 6.54. The largest absolute Gasteiger partial charge is 0.367 e. The Hall–Kier alpha value is -0.730. The van der Waals surface area contributed by atoms with E-state index in [9.17, 15) is 0 Å².